The van der Waals surface area contributed by atoms with Crippen molar-refractivity contribution in [2.24, 2.45) is 4.99 Å². The minimum Gasteiger partial charge on any atom is -0.486 e. The van der Waals surface area contributed by atoms with Gasteiger partial charge in [-0.15, -0.1) is 0 Å². The first-order chi connectivity index (χ1) is 12.7. The number of hydrogen-bond donors (Lipinski definition) is 2. The standard InChI is InChI=1S/C20H26N4O2/c1-3-21-20(22-11-10-16-9-8-15(2)23-12-16)24-13-17-14-25-18-6-4-5-7-19(18)26-17/h4-9,12,17H,3,10-11,13-14H2,1-2H3,(H2,21,22,24). The summed E-state index contributed by atoms with van der Waals surface area (Å²) in [5.74, 6) is 2.36. The monoisotopic (exact) mass is 354 g/mol. The number of para-hydroxylation sites is 2. The van der Waals surface area contributed by atoms with E-state index in [9.17, 15) is 0 Å². The summed E-state index contributed by atoms with van der Waals surface area (Å²) in [5.41, 5.74) is 2.24. The molecule has 0 saturated carbocycles. The smallest absolute Gasteiger partial charge is 0.191 e. The van der Waals surface area contributed by atoms with Gasteiger partial charge in [0.15, 0.2) is 23.6 Å². The van der Waals surface area contributed by atoms with Gasteiger partial charge in [0.05, 0.1) is 6.54 Å². The Morgan fingerprint density at radius 2 is 2.04 bits per heavy atom. The van der Waals surface area contributed by atoms with Crippen LogP contribution >= 0.6 is 0 Å². The molecule has 1 unspecified atom stereocenters. The van der Waals surface area contributed by atoms with Crippen molar-refractivity contribution in [1.82, 2.24) is 15.6 Å². The van der Waals surface area contributed by atoms with Crippen molar-refractivity contribution in [1.29, 1.82) is 0 Å². The predicted octanol–water partition coefficient (Wildman–Crippen LogP) is 2.33. The highest BCUT2D eigenvalue weighted by Gasteiger charge is 2.20. The number of aromatic nitrogens is 1. The normalized spacial score (nSPS) is 16.2. The fourth-order valence-electron chi connectivity index (χ4n) is 2.66. The number of ether oxygens (including phenoxy) is 2. The van der Waals surface area contributed by atoms with Crippen LogP contribution in [0.4, 0.5) is 0 Å². The van der Waals surface area contributed by atoms with Gasteiger partial charge in [-0.2, -0.15) is 0 Å². The van der Waals surface area contributed by atoms with Crippen LogP contribution in [0.25, 0.3) is 0 Å². The molecule has 0 fully saturated rings. The Morgan fingerprint density at radius 3 is 2.81 bits per heavy atom. The van der Waals surface area contributed by atoms with Gasteiger partial charge in [0.1, 0.15) is 6.61 Å². The van der Waals surface area contributed by atoms with Crippen molar-refractivity contribution >= 4 is 5.96 Å². The number of guanidine groups is 1. The van der Waals surface area contributed by atoms with Crippen LogP contribution in [-0.4, -0.2) is 43.3 Å². The zero-order valence-electron chi connectivity index (χ0n) is 15.4. The molecule has 0 radical (unpaired) electrons. The van der Waals surface area contributed by atoms with Crippen LogP contribution in [0.3, 0.4) is 0 Å². The highest BCUT2D eigenvalue weighted by molar-refractivity contribution is 5.79. The molecule has 0 saturated heterocycles. The van der Waals surface area contributed by atoms with Crippen molar-refractivity contribution in [3.8, 4) is 11.5 Å². The van der Waals surface area contributed by atoms with Crippen LogP contribution in [-0.2, 0) is 6.42 Å². The summed E-state index contributed by atoms with van der Waals surface area (Å²) >= 11 is 0. The third-order valence-corrected chi connectivity index (χ3v) is 4.04. The van der Waals surface area contributed by atoms with E-state index < -0.39 is 0 Å². The van der Waals surface area contributed by atoms with Crippen LogP contribution < -0.4 is 20.1 Å². The molecule has 1 aromatic heterocycles. The molecule has 2 aromatic rings. The molecule has 26 heavy (non-hydrogen) atoms. The summed E-state index contributed by atoms with van der Waals surface area (Å²) in [7, 11) is 0. The molecule has 0 amide bonds. The number of fused-ring (bicyclic) bond motifs is 1. The minimum atomic E-state index is -0.0818. The van der Waals surface area contributed by atoms with E-state index in [2.05, 4.69) is 33.6 Å². The topological polar surface area (TPSA) is 67.8 Å². The van der Waals surface area contributed by atoms with E-state index in [0.717, 1.165) is 42.7 Å². The second kappa shape index (κ2) is 9.08. The summed E-state index contributed by atoms with van der Waals surface area (Å²) in [4.78, 5) is 8.95. The molecule has 3 rings (SSSR count). The van der Waals surface area contributed by atoms with Crippen LogP contribution in [0.5, 0.6) is 11.5 Å². The number of nitrogens with zero attached hydrogens (tertiary/aromatic N) is 2. The Labute approximate surface area is 154 Å². The Balaban J connectivity index is 1.50. The van der Waals surface area contributed by atoms with Crippen LogP contribution in [0.1, 0.15) is 18.2 Å². The third kappa shape index (κ3) is 5.12. The lowest BCUT2D eigenvalue weighted by Crippen LogP contribution is -2.40. The van der Waals surface area contributed by atoms with Gasteiger partial charge in [-0.05, 0) is 44.0 Å². The summed E-state index contributed by atoms with van der Waals surface area (Å²) in [6.07, 6.45) is 2.74. The number of rotatable bonds is 6. The Morgan fingerprint density at radius 1 is 1.19 bits per heavy atom. The fraction of sp³-hybridized carbons (Fsp3) is 0.400. The van der Waals surface area contributed by atoms with Crippen LogP contribution in [0.15, 0.2) is 47.6 Å². The first kappa shape index (κ1) is 18.0. The number of aliphatic imine (C=N–C) groups is 1. The highest BCUT2D eigenvalue weighted by Crippen LogP contribution is 2.30. The second-order valence-corrected chi connectivity index (χ2v) is 6.20. The molecule has 1 aromatic carbocycles. The Bertz CT molecular complexity index is 731. The first-order valence-corrected chi connectivity index (χ1v) is 9.07. The SMILES string of the molecule is CCNC(=NCC1COc2ccccc2O1)NCCc1ccc(C)nc1. The number of aryl methyl sites for hydroxylation is 1. The molecular weight excluding hydrogens is 328 g/mol. The summed E-state index contributed by atoms with van der Waals surface area (Å²) in [6.45, 7) is 6.69. The van der Waals surface area contributed by atoms with Crippen LogP contribution in [0, 0.1) is 6.92 Å². The van der Waals surface area contributed by atoms with E-state index in [0.29, 0.717) is 13.2 Å². The summed E-state index contributed by atoms with van der Waals surface area (Å²) < 4.78 is 11.7. The minimum absolute atomic E-state index is 0.0818. The van der Waals surface area contributed by atoms with Crippen molar-refractivity contribution < 1.29 is 9.47 Å². The van der Waals surface area contributed by atoms with Gasteiger partial charge in [-0.25, -0.2) is 4.99 Å². The van der Waals surface area contributed by atoms with Gasteiger partial charge in [0.25, 0.3) is 0 Å². The van der Waals surface area contributed by atoms with Gasteiger partial charge in [-0.1, -0.05) is 18.2 Å². The van der Waals surface area contributed by atoms with Crippen molar-refractivity contribution in [2.45, 2.75) is 26.4 Å². The van der Waals surface area contributed by atoms with E-state index in [1.54, 1.807) is 0 Å². The van der Waals surface area contributed by atoms with Gasteiger partial charge in [0, 0.05) is 25.0 Å². The van der Waals surface area contributed by atoms with E-state index in [-0.39, 0.29) is 6.10 Å². The van der Waals surface area contributed by atoms with Crippen molar-refractivity contribution in [3.05, 3.63) is 53.9 Å². The van der Waals surface area contributed by atoms with Gasteiger partial charge in [-0.3, -0.25) is 4.98 Å². The molecule has 0 spiro atoms. The summed E-state index contributed by atoms with van der Waals surface area (Å²) in [6, 6.07) is 11.9. The van der Waals surface area contributed by atoms with Crippen molar-refractivity contribution in [3.63, 3.8) is 0 Å². The average molecular weight is 354 g/mol. The van der Waals surface area contributed by atoms with Crippen LogP contribution in [0.2, 0.25) is 0 Å². The van der Waals surface area contributed by atoms with Crippen molar-refractivity contribution in [2.75, 3.05) is 26.2 Å². The summed E-state index contributed by atoms with van der Waals surface area (Å²) in [5, 5.41) is 6.62. The molecule has 1 aliphatic heterocycles. The number of benzene rings is 1. The van der Waals surface area contributed by atoms with E-state index in [4.69, 9.17) is 9.47 Å². The van der Waals surface area contributed by atoms with E-state index in [1.165, 1.54) is 5.56 Å². The van der Waals surface area contributed by atoms with Gasteiger partial charge >= 0.3 is 0 Å². The average Bonchev–Trinajstić information content (AvgIpc) is 2.67. The molecule has 138 valence electrons. The number of hydrogen-bond acceptors (Lipinski definition) is 4. The lowest BCUT2D eigenvalue weighted by molar-refractivity contribution is 0.0971. The number of nitrogens with one attached hydrogen (secondary N) is 2. The fourth-order valence-corrected chi connectivity index (χ4v) is 2.66. The maximum absolute atomic E-state index is 5.95. The molecule has 2 heterocycles. The quantitative estimate of drug-likeness (QED) is 0.616. The molecule has 1 aliphatic rings. The highest BCUT2D eigenvalue weighted by atomic mass is 16.6. The zero-order chi connectivity index (χ0) is 18.2. The lowest BCUT2D eigenvalue weighted by Gasteiger charge is -2.25. The van der Waals surface area contributed by atoms with E-state index >= 15 is 0 Å². The van der Waals surface area contributed by atoms with Gasteiger partial charge in [0.2, 0.25) is 0 Å². The Hall–Kier alpha value is -2.76. The molecule has 1 atom stereocenters. The van der Waals surface area contributed by atoms with E-state index in [1.807, 2.05) is 43.5 Å². The maximum atomic E-state index is 5.95. The Kier molecular flexibility index (Phi) is 6.30. The molecular formula is C20H26N4O2. The van der Waals surface area contributed by atoms with Gasteiger partial charge < -0.3 is 20.1 Å². The molecule has 0 aliphatic carbocycles. The third-order valence-electron chi connectivity index (χ3n) is 4.04. The molecule has 6 heteroatoms. The zero-order valence-corrected chi connectivity index (χ0v) is 15.4. The first-order valence-electron chi connectivity index (χ1n) is 9.07. The molecule has 0 bridgehead atoms. The predicted molar refractivity (Wildman–Crippen MR) is 103 cm³/mol. The second-order valence-electron chi connectivity index (χ2n) is 6.20. The molecule has 2 N–H and O–H groups in total. The lowest BCUT2D eigenvalue weighted by atomic mass is 10.2. The number of pyridine rings is 1. The largest absolute Gasteiger partial charge is 0.486 e. The maximum Gasteiger partial charge on any atom is 0.191 e. The molecule has 6 nitrogen and oxygen atoms in total.